The molecule has 3 nitrogen and oxygen atoms in total. The Morgan fingerprint density at radius 3 is 2.54 bits per heavy atom. The van der Waals surface area contributed by atoms with Gasteiger partial charge in [0.2, 0.25) is 0 Å². The van der Waals surface area contributed by atoms with Gasteiger partial charge < -0.3 is 9.47 Å². The fourth-order valence-corrected chi connectivity index (χ4v) is 7.70. The second-order valence-electron chi connectivity index (χ2n) is 9.74. The number of hydrogen-bond donors (Lipinski definition) is 0. The summed E-state index contributed by atoms with van der Waals surface area (Å²) in [5.41, 5.74) is 0.125. The van der Waals surface area contributed by atoms with Crippen molar-refractivity contribution in [3.05, 3.63) is 0 Å². The monoisotopic (exact) mass is 332 g/mol. The van der Waals surface area contributed by atoms with Crippen molar-refractivity contribution in [1.82, 2.24) is 0 Å². The second kappa shape index (κ2) is 5.30. The summed E-state index contributed by atoms with van der Waals surface area (Å²) in [6, 6.07) is 0. The SMILES string of the molecule is C[C@H]1CC[C@@H]2[C@H]3CC[C@@]4(C)[C@@H](CCC45OCCO5)[C@@H]3CC(=O)[C@H]2C1. The van der Waals surface area contributed by atoms with E-state index in [9.17, 15) is 4.79 Å². The minimum absolute atomic E-state index is 0.125. The van der Waals surface area contributed by atoms with E-state index in [1.165, 1.54) is 32.1 Å². The molecule has 134 valence electrons. The van der Waals surface area contributed by atoms with Gasteiger partial charge in [0.15, 0.2) is 5.79 Å². The minimum atomic E-state index is -0.330. The molecule has 7 atom stereocenters. The van der Waals surface area contributed by atoms with Crippen LogP contribution in [0.1, 0.15) is 65.2 Å². The minimum Gasteiger partial charge on any atom is -0.347 e. The molecule has 0 unspecified atom stereocenters. The molecule has 1 saturated heterocycles. The molecule has 0 radical (unpaired) electrons. The fourth-order valence-electron chi connectivity index (χ4n) is 7.70. The molecule has 0 aromatic heterocycles. The Morgan fingerprint density at radius 1 is 0.958 bits per heavy atom. The van der Waals surface area contributed by atoms with Gasteiger partial charge in [-0.3, -0.25) is 4.79 Å². The normalized spacial score (nSPS) is 52.8. The van der Waals surface area contributed by atoms with E-state index >= 15 is 0 Å². The number of fused-ring (bicyclic) bond motifs is 6. The molecule has 24 heavy (non-hydrogen) atoms. The Hall–Kier alpha value is -0.410. The molecule has 0 aromatic rings. The molecule has 0 N–H and O–H groups in total. The summed E-state index contributed by atoms with van der Waals surface area (Å²) in [5, 5.41) is 0. The third kappa shape index (κ3) is 1.95. The Labute approximate surface area is 145 Å². The van der Waals surface area contributed by atoms with Gasteiger partial charge in [-0.1, -0.05) is 20.3 Å². The molecule has 5 aliphatic rings. The maximum atomic E-state index is 13.0. The van der Waals surface area contributed by atoms with Crippen molar-refractivity contribution in [2.75, 3.05) is 13.2 Å². The summed E-state index contributed by atoms with van der Waals surface area (Å²) in [7, 11) is 0. The van der Waals surface area contributed by atoms with Gasteiger partial charge in [0.25, 0.3) is 0 Å². The van der Waals surface area contributed by atoms with Crippen LogP contribution in [0.2, 0.25) is 0 Å². The zero-order chi connectivity index (χ0) is 16.5. The van der Waals surface area contributed by atoms with E-state index in [1.807, 2.05) is 0 Å². The van der Waals surface area contributed by atoms with Crippen LogP contribution in [-0.2, 0) is 14.3 Å². The molecule has 0 bridgehead atoms. The zero-order valence-corrected chi connectivity index (χ0v) is 15.3. The molecular weight excluding hydrogens is 300 g/mol. The number of rotatable bonds is 0. The highest BCUT2D eigenvalue weighted by molar-refractivity contribution is 5.82. The molecular formula is C21H32O3. The van der Waals surface area contributed by atoms with E-state index in [0.29, 0.717) is 29.5 Å². The zero-order valence-electron chi connectivity index (χ0n) is 15.3. The molecule has 1 heterocycles. The van der Waals surface area contributed by atoms with Crippen LogP contribution < -0.4 is 0 Å². The number of ketones is 1. The predicted molar refractivity (Wildman–Crippen MR) is 91.3 cm³/mol. The van der Waals surface area contributed by atoms with Crippen LogP contribution in [0.15, 0.2) is 0 Å². The van der Waals surface area contributed by atoms with E-state index in [4.69, 9.17) is 9.47 Å². The summed E-state index contributed by atoms with van der Waals surface area (Å²) in [6.07, 6.45) is 9.37. The number of hydrogen-bond acceptors (Lipinski definition) is 3. The standard InChI is InChI=1S/C21H32O3/c1-13-3-4-14-15-5-7-20(2)18(6-8-21(20)23-9-10-24-21)16(15)12-19(22)17(14)11-13/h13-18H,3-12H2,1-2H3/t13-,14+,15+,16+,17-,18-,20-/m0/s1. The number of carbonyl (C=O) groups excluding carboxylic acids is 1. The van der Waals surface area contributed by atoms with Crippen molar-refractivity contribution in [3.63, 3.8) is 0 Å². The van der Waals surface area contributed by atoms with Gasteiger partial charge >= 0.3 is 0 Å². The van der Waals surface area contributed by atoms with Crippen LogP contribution in [0.25, 0.3) is 0 Å². The van der Waals surface area contributed by atoms with E-state index in [-0.39, 0.29) is 11.2 Å². The lowest BCUT2D eigenvalue weighted by Crippen LogP contribution is -2.55. The Morgan fingerprint density at radius 2 is 1.75 bits per heavy atom. The Bertz CT molecular complexity index is 537. The Balaban J connectivity index is 1.45. The number of carbonyl (C=O) groups is 1. The lowest BCUT2D eigenvalue weighted by atomic mass is 9.49. The van der Waals surface area contributed by atoms with Crippen molar-refractivity contribution in [2.24, 2.45) is 40.9 Å². The van der Waals surface area contributed by atoms with Gasteiger partial charge in [-0.2, -0.15) is 0 Å². The first-order chi connectivity index (χ1) is 11.5. The van der Waals surface area contributed by atoms with Crippen molar-refractivity contribution in [1.29, 1.82) is 0 Å². The van der Waals surface area contributed by atoms with Gasteiger partial charge in [-0.25, -0.2) is 0 Å². The first-order valence-corrected chi connectivity index (χ1v) is 10.3. The van der Waals surface area contributed by atoms with Gasteiger partial charge in [-0.15, -0.1) is 0 Å². The van der Waals surface area contributed by atoms with E-state index in [2.05, 4.69) is 13.8 Å². The molecule has 3 heteroatoms. The maximum Gasteiger partial charge on any atom is 0.174 e. The molecule has 0 aromatic carbocycles. The van der Waals surface area contributed by atoms with Gasteiger partial charge in [0, 0.05) is 24.2 Å². The molecule has 4 aliphatic carbocycles. The molecule has 0 amide bonds. The van der Waals surface area contributed by atoms with Crippen molar-refractivity contribution >= 4 is 5.78 Å². The summed E-state index contributed by atoms with van der Waals surface area (Å²) < 4.78 is 12.4. The molecule has 5 rings (SSSR count). The predicted octanol–water partition coefficient (Wildman–Crippen LogP) is 4.20. The highest BCUT2D eigenvalue weighted by Crippen LogP contribution is 2.66. The van der Waals surface area contributed by atoms with Crippen molar-refractivity contribution in [3.8, 4) is 0 Å². The van der Waals surface area contributed by atoms with Gasteiger partial charge in [0.05, 0.1) is 13.2 Å². The van der Waals surface area contributed by atoms with Crippen LogP contribution in [0, 0.1) is 40.9 Å². The summed E-state index contributed by atoms with van der Waals surface area (Å²) in [5.74, 6) is 4.07. The van der Waals surface area contributed by atoms with E-state index in [1.54, 1.807) is 0 Å². The largest absolute Gasteiger partial charge is 0.347 e. The van der Waals surface area contributed by atoms with Crippen LogP contribution in [0.5, 0.6) is 0 Å². The molecule has 1 spiro atoms. The number of Topliss-reactive ketones (excluding diaryl/α,β-unsaturated/α-hetero) is 1. The topological polar surface area (TPSA) is 35.5 Å². The van der Waals surface area contributed by atoms with E-state index < -0.39 is 0 Å². The molecule has 1 aliphatic heterocycles. The van der Waals surface area contributed by atoms with Crippen LogP contribution in [0.4, 0.5) is 0 Å². The van der Waals surface area contributed by atoms with Gasteiger partial charge in [0.1, 0.15) is 5.78 Å². The average molecular weight is 332 g/mol. The molecule has 4 saturated carbocycles. The van der Waals surface area contributed by atoms with E-state index in [0.717, 1.165) is 44.3 Å². The van der Waals surface area contributed by atoms with Crippen LogP contribution in [-0.4, -0.2) is 24.8 Å². The average Bonchev–Trinajstić information content (AvgIpc) is 3.15. The third-order valence-corrected chi connectivity index (χ3v) is 8.86. The number of ether oxygens (including phenoxy) is 2. The molecule has 5 fully saturated rings. The summed E-state index contributed by atoms with van der Waals surface area (Å²) in [6.45, 7) is 6.24. The quantitative estimate of drug-likeness (QED) is 0.667. The van der Waals surface area contributed by atoms with Crippen molar-refractivity contribution < 1.29 is 14.3 Å². The lowest BCUT2D eigenvalue weighted by Gasteiger charge is -2.56. The lowest BCUT2D eigenvalue weighted by molar-refractivity contribution is -0.242. The smallest absolute Gasteiger partial charge is 0.174 e. The van der Waals surface area contributed by atoms with Crippen molar-refractivity contribution in [2.45, 2.75) is 71.0 Å². The van der Waals surface area contributed by atoms with Gasteiger partial charge in [-0.05, 0) is 61.7 Å². The van der Waals surface area contributed by atoms with Crippen LogP contribution >= 0.6 is 0 Å². The maximum absolute atomic E-state index is 13.0. The summed E-state index contributed by atoms with van der Waals surface area (Å²) >= 11 is 0. The highest BCUT2D eigenvalue weighted by atomic mass is 16.7. The van der Waals surface area contributed by atoms with Crippen LogP contribution in [0.3, 0.4) is 0 Å². The first-order valence-electron chi connectivity index (χ1n) is 10.3. The first kappa shape index (κ1) is 15.8. The third-order valence-electron chi connectivity index (χ3n) is 8.86. The summed E-state index contributed by atoms with van der Waals surface area (Å²) in [4.78, 5) is 13.0. The second-order valence-corrected chi connectivity index (χ2v) is 9.74. The fraction of sp³-hybridized carbons (Fsp3) is 0.952. The highest BCUT2D eigenvalue weighted by Gasteiger charge is 2.66. The Kier molecular flexibility index (Phi) is 3.49.